The van der Waals surface area contributed by atoms with E-state index in [1.807, 2.05) is 0 Å². The molecule has 1 aromatic heterocycles. The Labute approximate surface area is 253 Å². The number of carbonyl (C=O) groups is 1. The highest BCUT2D eigenvalue weighted by Crippen LogP contribution is 2.43. The van der Waals surface area contributed by atoms with Gasteiger partial charge in [-0.05, 0) is 56.2 Å². The van der Waals surface area contributed by atoms with E-state index in [0.717, 1.165) is 4.90 Å². The normalized spacial score (nSPS) is 17.8. The number of anilines is 2. The van der Waals surface area contributed by atoms with Gasteiger partial charge >= 0.3 is 12.4 Å². The topological polar surface area (TPSA) is 76.9 Å². The van der Waals surface area contributed by atoms with Crippen LogP contribution in [0.1, 0.15) is 37.0 Å². The third kappa shape index (κ3) is 6.43. The van der Waals surface area contributed by atoms with Gasteiger partial charge in [-0.2, -0.15) is 26.3 Å². The van der Waals surface area contributed by atoms with E-state index in [2.05, 4.69) is 4.98 Å². The quantitative estimate of drug-likeness (QED) is 0.282. The molecule has 0 radical (unpaired) electrons. The van der Waals surface area contributed by atoms with Crippen molar-refractivity contribution in [3.05, 3.63) is 75.4 Å². The van der Waals surface area contributed by atoms with Crippen molar-refractivity contribution in [2.24, 2.45) is 0 Å². The zero-order valence-electron chi connectivity index (χ0n) is 23.1. The Morgan fingerprint density at radius 3 is 2.14 bits per heavy atom. The molecule has 0 saturated carbocycles. The molecule has 2 atom stereocenters. The maximum absolute atomic E-state index is 13.9. The van der Waals surface area contributed by atoms with Crippen LogP contribution in [0.5, 0.6) is 0 Å². The number of aromatic nitrogens is 1. The summed E-state index contributed by atoms with van der Waals surface area (Å²) in [6, 6.07) is 6.75. The van der Waals surface area contributed by atoms with Gasteiger partial charge in [0.1, 0.15) is 5.82 Å². The van der Waals surface area contributed by atoms with Gasteiger partial charge in [-0.15, -0.1) is 0 Å². The lowest BCUT2D eigenvalue weighted by Gasteiger charge is -2.32. The fourth-order valence-corrected chi connectivity index (χ4v) is 5.50. The Kier molecular flexibility index (Phi) is 9.01. The predicted molar refractivity (Wildman–Crippen MR) is 151 cm³/mol. The lowest BCUT2D eigenvalue weighted by Crippen LogP contribution is -2.42. The second-order valence-corrected chi connectivity index (χ2v) is 11.5. The summed E-state index contributed by atoms with van der Waals surface area (Å²) in [6.45, 7) is 2.46. The van der Waals surface area contributed by atoms with Crippen LogP contribution in [0.15, 0.2) is 48.7 Å². The van der Waals surface area contributed by atoms with Gasteiger partial charge in [0.2, 0.25) is 5.91 Å². The molecular formula is C29H27Cl2F6N3O3. The van der Waals surface area contributed by atoms with Crippen LogP contribution in [-0.2, 0) is 22.6 Å². The molecule has 2 heterocycles. The van der Waals surface area contributed by atoms with Crippen LogP contribution in [0.2, 0.25) is 10.0 Å². The Bertz CT molecular complexity index is 1500. The van der Waals surface area contributed by atoms with Gasteiger partial charge in [0, 0.05) is 24.7 Å². The summed E-state index contributed by atoms with van der Waals surface area (Å²) in [5.74, 6) is -0.503. The molecule has 2 N–H and O–H groups in total. The number of likely N-dealkylation sites (N-methyl/N-ethyl adjacent to an activating group) is 1. The largest absolute Gasteiger partial charge is 0.416 e. The van der Waals surface area contributed by atoms with Crippen molar-refractivity contribution in [1.82, 2.24) is 4.98 Å². The molecule has 2 unspecified atom stereocenters. The number of pyridine rings is 1. The average Bonchev–Trinajstić information content (AvgIpc) is 3.32. The molecule has 1 aliphatic rings. The van der Waals surface area contributed by atoms with Crippen molar-refractivity contribution in [2.45, 2.75) is 50.2 Å². The number of aliphatic hydroxyl groups excluding tert-OH is 2. The maximum Gasteiger partial charge on any atom is 0.416 e. The summed E-state index contributed by atoms with van der Waals surface area (Å²) in [6.07, 6.45) is -9.32. The Balaban J connectivity index is 1.85. The van der Waals surface area contributed by atoms with E-state index in [1.54, 1.807) is 23.1 Å². The van der Waals surface area contributed by atoms with E-state index < -0.39 is 52.5 Å². The first-order chi connectivity index (χ1) is 19.9. The number of nitrogens with zero attached hydrogens (tertiary/aromatic N) is 3. The summed E-state index contributed by atoms with van der Waals surface area (Å²) in [5.41, 5.74) is -4.62. The fourth-order valence-electron chi connectivity index (χ4n) is 5.10. The molecule has 0 bridgehead atoms. The van der Waals surface area contributed by atoms with Crippen molar-refractivity contribution >= 4 is 40.6 Å². The molecule has 3 aromatic rings. The van der Waals surface area contributed by atoms with Gasteiger partial charge in [0.05, 0.1) is 57.2 Å². The first kappa shape index (κ1) is 32.8. The van der Waals surface area contributed by atoms with Crippen molar-refractivity contribution < 1.29 is 41.4 Å². The van der Waals surface area contributed by atoms with Gasteiger partial charge in [-0.1, -0.05) is 35.3 Å². The summed E-state index contributed by atoms with van der Waals surface area (Å²) in [4.78, 5) is 21.1. The van der Waals surface area contributed by atoms with E-state index in [9.17, 15) is 41.4 Å². The Hall–Kier alpha value is -3.06. The first-order valence-corrected chi connectivity index (χ1v) is 13.7. The van der Waals surface area contributed by atoms with Gasteiger partial charge in [-0.25, -0.2) is 4.98 Å². The molecule has 6 nitrogen and oxygen atoms in total. The third-order valence-corrected chi connectivity index (χ3v) is 8.43. The lowest BCUT2D eigenvalue weighted by atomic mass is 9.81. The molecule has 1 saturated heterocycles. The molecule has 1 amide bonds. The minimum atomic E-state index is -5.09. The number of halogens is 8. The van der Waals surface area contributed by atoms with Crippen LogP contribution in [0.25, 0.3) is 11.1 Å². The number of hydrogen-bond donors (Lipinski definition) is 2. The minimum absolute atomic E-state index is 0.00457. The van der Waals surface area contributed by atoms with Crippen LogP contribution < -0.4 is 9.80 Å². The van der Waals surface area contributed by atoms with Crippen molar-refractivity contribution in [3.63, 3.8) is 0 Å². The van der Waals surface area contributed by atoms with Crippen LogP contribution >= 0.6 is 23.2 Å². The van der Waals surface area contributed by atoms with Gasteiger partial charge < -0.3 is 20.0 Å². The highest BCUT2D eigenvalue weighted by molar-refractivity contribution is 6.43. The van der Waals surface area contributed by atoms with Crippen molar-refractivity contribution in [1.29, 1.82) is 0 Å². The number of hydrogen-bond acceptors (Lipinski definition) is 5. The zero-order valence-corrected chi connectivity index (χ0v) is 24.6. The summed E-state index contributed by atoms with van der Waals surface area (Å²) in [7, 11) is 1.32. The lowest BCUT2D eigenvalue weighted by molar-refractivity contribution is -0.143. The predicted octanol–water partition coefficient (Wildman–Crippen LogP) is 6.97. The van der Waals surface area contributed by atoms with Crippen LogP contribution in [0, 0.1) is 0 Å². The molecule has 1 aliphatic heterocycles. The van der Waals surface area contributed by atoms with Gasteiger partial charge in [0.15, 0.2) is 0 Å². The third-order valence-electron chi connectivity index (χ3n) is 7.61. The van der Waals surface area contributed by atoms with Gasteiger partial charge in [-0.3, -0.25) is 4.79 Å². The molecule has 0 spiro atoms. The van der Waals surface area contributed by atoms with Crippen molar-refractivity contribution in [3.8, 4) is 11.1 Å². The monoisotopic (exact) mass is 649 g/mol. The Morgan fingerprint density at radius 1 is 1.00 bits per heavy atom. The second-order valence-electron chi connectivity index (χ2n) is 10.7. The maximum atomic E-state index is 13.9. The van der Waals surface area contributed by atoms with E-state index in [4.69, 9.17) is 23.2 Å². The van der Waals surface area contributed by atoms with Crippen LogP contribution in [0.3, 0.4) is 0 Å². The molecule has 2 aromatic carbocycles. The number of alkyl halides is 6. The highest BCUT2D eigenvalue weighted by atomic mass is 35.5. The SMILES string of the molecule is CN(C(=O)C(C)(C)c1cc(C(F)(F)F)cc(C(F)(F)F)c1)c1cnc(N2CCC(O)C2CO)cc1-c1cccc(Cl)c1Cl. The molecule has 14 heteroatoms. The molecule has 43 heavy (non-hydrogen) atoms. The van der Waals surface area contributed by atoms with E-state index in [0.29, 0.717) is 42.0 Å². The summed E-state index contributed by atoms with van der Waals surface area (Å²) in [5, 5.41) is 20.4. The second kappa shape index (κ2) is 11.8. The van der Waals surface area contributed by atoms with E-state index >= 15 is 0 Å². The summed E-state index contributed by atoms with van der Waals surface area (Å²) >= 11 is 12.8. The first-order valence-electron chi connectivity index (χ1n) is 13.0. The van der Waals surface area contributed by atoms with Gasteiger partial charge in [0.25, 0.3) is 0 Å². The standard InChI is InChI=1S/C29H27Cl2F6N3O3/c1-27(2,15-9-16(28(32,33)34)11-17(10-15)29(35,36)37)26(43)39(3)21-13-38-24(40-8-7-23(42)22(40)14-41)12-19(21)18-5-4-6-20(30)25(18)31/h4-6,9-13,22-23,41-42H,7-8,14H2,1-3H3. The van der Waals surface area contributed by atoms with E-state index in [1.165, 1.54) is 33.2 Å². The molecule has 0 aliphatic carbocycles. The number of carbonyl (C=O) groups excluding carboxylic acids is 1. The summed E-state index contributed by atoms with van der Waals surface area (Å²) < 4.78 is 81.4. The number of amides is 1. The zero-order chi connectivity index (χ0) is 32.1. The molecule has 1 fully saturated rings. The average molecular weight is 650 g/mol. The van der Waals surface area contributed by atoms with Crippen molar-refractivity contribution in [2.75, 3.05) is 30.0 Å². The number of rotatable bonds is 6. The molecular weight excluding hydrogens is 623 g/mol. The smallest absolute Gasteiger partial charge is 0.394 e. The number of aliphatic hydroxyl groups is 2. The van der Waals surface area contributed by atoms with E-state index in [-0.39, 0.29) is 28.4 Å². The molecule has 232 valence electrons. The van der Waals surface area contributed by atoms with Crippen LogP contribution in [0.4, 0.5) is 37.8 Å². The number of benzene rings is 2. The fraction of sp³-hybridized carbons (Fsp3) is 0.379. The highest BCUT2D eigenvalue weighted by Gasteiger charge is 2.41. The molecule has 4 rings (SSSR count). The minimum Gasteiger partial charge on any atom is -0.394 e. The van der Waals surface area contributed by atoms with Crippen LogP contribution in [-0.4, -0.2) is 53.4 Å². The Morgan fingerprint density at radius 2 is 1.58 bits per heavy atom.